The quantitative estimate of drug-likeness (QED) is 0.864. The molecule has 0 aliphatic heterocycles. The van der Waals surface area contributed by atoms with Gasteiger partial charge >= 0.3 is 0 Å². The lowest BCUT2D eigenvalue weighted by Gasteiger charge is -2.05. The van der Waals surface area contributed by atoms with E-state index < -0.39 is 0 Å². The van der Waals surface area contributed by atoms with E-state index in [0.717, 1.165) is 23.0 Å². The molecule has 0 heterocycles. The summed E-state index contributed by atoms with van der Waals surface area (Å²) >= 11 is 3.33. The molecule has 0 saturated carbocycles. The van der Waals surface area contributed by atoms with Gasteiger partial charge in [0.1, 0.15) is 5.82 Å². The van der Waals surface area contributed by atoms with Crippen molar-refractivity contribution in [2.24, 2.45) is 0 Å². The summed E-state index contributed by atoms with van der Waals surface area (Å²) in [5, 5.41) is 3.03. The van der Waals surface area contributed by atoms with E-state index in [4.69, 9.17) is 0 Å². The third-order valence-electron chi connectivity index (χ3n) is 2.00. The number of likely N-dealkylation sites (N-methyl/N-ethyl adjacent to an activating group) is 1. The van der Waals surface area contributed by atoms with Crippen molar-refractivity contribution < 1.29 is 4.39 Å². The SMILES string of the molecule is CNCCc1cc(F)c(C)c(Br)c1. The van der Waals surface area contributed by atoms with Crippen LogP contribution in [0.4, 0.5) is 4.39 Å². The second kappa shape index (κ2) is 4.72. The Morgan fingerprint density at radius 1 is 1.46 bits per heavy atom. The topological polar surface area (TPSA) is 12.0 Å². The number of nitrogens with one attached hydrogen (secondary N) is 1. The Labute approximate surface area is 86.5 Å². The van der Waals surface area contributed by atoms with Crippen LogP contribution in [0.2, 0.25) is 0 Å². The van der Waals surface area contributed by atoms with Crippen LogP contribution < -0.4 is 5.32 Å². The van der Waals surface area contributed by atoms with Crippen LogP contribution in [-0.2, 0) is 6.42 Å². The van der Waals surface area contributed by atoms with Crippen LogP contribution in [0.25, 0.3) is 0 Å². The maximum atomic E-state index is 13.2. The first kappa shape index (κ1) is 10.7. The molecule has 1 aromatic rings. The van der Waals surface area contributed by atoms with Gasteiger partial charge in [-0.3, -0.25) is 0 Å². The molecular weight excluding hydrogens is 233 g/mol. The molecule has 0 aliphatic carbocycles. The summed E-state index contributed by atoms with van der Waals surface area (Å²) in [6.45, 7) is 2.64. The molecule has 0 fully saturated rings. The van der Waals surface area contributed by atoms with Gasteiger partial charge in [-0.05, 0) is 50.2 Å². The van der Waals surface area contributed by atoms with Crippen LogP contribution in [0.5, 0.6) is 0 Å². The zero-order valence-corrected chi connectivity index (χ0v) is 9.41. The molecular formula is C10H13BrFN. The Hall–Kier alpha value is -0.410. The Morgan fingerprint density at radius 3 is 2.69 bits per heavy atom. The maximum Gasteiger partial charge on any atom is 0.127 e. The van der Waals surface area contributed by atoms with Gasteiger partial charge in [0, 0.05) is 4.47 Å². The first-order valence-corrected chi connectivity index (χ1v) is 5.03. The Bertz CT molecular complexity index is 276. The molecule has 0 radical (unpaired) electrons. The van der Waals surface area contributed by atoms with Crippen molar-refractivity contribution in [2.45, 2.75) is 13.3 Å². The van der Waals surface area contributed by atoms with Crippen LogP contribution in [0, 0.1) is 12.7 Å². The Kier molecular flexibility index (Phi) is 3.88. The highest BCUT2D eigenvalue weighted by Gasteiger charge is 2.04. The van der Waals surface area contributed by atoms with Crippen molar-refractivity contribution in [3.63, 3.8) is 0 Å². The molecule has 1 aromatic carbocycles. The number of benzene rings is 1. The molecule has 0 spiro atoms. The molecule has 1 rings (SSSR count). The van der Waals surface area contributed by atoms with Crippen molar-refractivity contribution in [3.05, 3.63) is 33.5 Å². The highest BCUT2D eigenvalue weighted by Crippen LogP contribution is 2.21. The predicted octanol–water partition coefficient (Wildman–Crippen LogP) is 2.66. The van der Waals surface area contributed by atoms with E-state index in [1.54, 1.807) is 13.0 Å². The van der Waals surface area contributed by atoms with E-state index in [9.17, 15) is 4.39 Å². The van der Waals surface area contributed by atoms with Gasteiger partial charge in [-0.2, -0.15) is 0 Å². The second-order valence-corrected chi connectivity index (χ2v) is 3.89. The fourth-order valence-corrected chi connectivity index (χ4v) is 1.59. The van der Waals surface area contributed by atoms with Gasteiger partial charge in [0.05, 0.1) is 0 Å². The molecule has 0 amide bonds. The molecule has 0 unspecified atom stereocenters. The molecule has 72 valence electrons. The van der Waals surface area contributed by atoms with Crippen LogP contribution in [-0.4, -0.2) is 13.6 Å². The van der Waals surface area contributed by atoms with Crippen molar-refractivity contribution >= 4 is 15.9 Å². The maximum absolute atomic E-state index is 13.2. The fraction of sp³-hybridized carbons (Fsp3) is 0.400. The van der Waals surface area contributed by atoms with Crippen LogP contribution >= 0.6 is 15.9 Å². The number of rotatable bonds is 3. The van der Waals surface area contributed by atoms with Gasteiger partial charge in [-0.1, -0.05) is 15.9 Å². The Morgan fingerprint density at radius 2 is 2.15 bits per heavy atom. The minimum Gasteiger partial charge on any atom is -0.319 e. The lowest BCUT2D eigenvalue weighted by atomic mass is 10.1. The van der Waals surface area contributed by atoms with Gasteiger partial charge < -0.3 is 5.32 Å². The first-order valence-electron chi connectivity index (χ1n) is 4.24. The number of hydrogen-bond acceptors (Lipinski definition) is 1. The molecule has 13 heavy (non-hydrogen) atoms. The van der Waals surface area contributed by atoms with Crippen molar-refractivity contribution in [1.82, 2.24) is 5.32 Å². The molecule has 0 saturated heterocycles. The Balaban J connectivity index is 2.86. The minimum atomic E-state index is -0.138. The first-order chi connectivity index (χ1) is 6.15. The summed E-state index contributed by atoms with van der Waals surface area (Å²) in [4.78, 5) is 0. The average molecular weight is 246 g/mol. The van der Waals surface area contributed by atoms with E-state index in [0.29, 0.717) is 5.56 Å². The van der Waals surface area contributed by atoms with E-state index in [-0.39, 0.29) is 5.82 Å². The third-order valence-corrected chi connectivity index (χ3v) is 2.83. The van der Waals surface area contributed by atoms with Crippen LogP contribution in [0.1, 0.15) is 11.1 Å². The predicted molar refractivity (Wildman–Crippen MR) is 56.5 cm³/mol. The molecule has 1 nitrogen and oxygen atoms in total. The van der Waals surface area contributed by atoms with E-state index in [1.807, 2.05) is 13.1 Å². The zero-order valence-electron chi connectivity index (χ0n) is 7.82. The highest BCUT2D eigenvalue weighted by atomic mass is 79.9. The standard InChI is InChI=1S/C10H13BrFN/c1-7-9(11)5-8(3-4-13-2)6-10(7)12/h5-6,13H,3-4H2,1-2H3. The smallest absolute Gasteiger partial charge is 0.127 e. The molecule has 0 bridgehead atoms. The summed E-state index contributed by atoms with van der Waals surface area (Å²) in [5.41, 5.74) is 1.69. The summed E-state index contributed by atoms with van der Waals surface area (Å²) in [7, 11) is 1.89. The van der Waals surface area contributed by atoms with Gasteiger partial charge in [0.15, 0.2) is 0 Å². The lowest BCUT2D eigenvalue weighted by molar-refractivity contribution is 0.614. The average Bonchev–Trinajstić information content (AvgIpc) is 2.10. The van der Waals surface area contributed by atoms with E-state index in [1.165, 1.54) is 0 Å². The molecule has 0 atom stereocenters. The third kappa shape index (κ3) is 2.78. The minimum absolute atomic E-state index is 0.138. The molecule has 0 aliphatic rings. The summed E-state index contributed by atoms with van der Waals surface area (Å²) < 4.78 is 14.1. The van der Waals surface area contributed by atoms with E-state index in [2.05, 4.69) is 21.2 Å². The van der Waals surface area contributed by atoms with E-state index >= 15 is 0 Å². The molecule has 3 heteroatoms. The second-order valence-electron chi connectivity index (χ2n) is 3.04. The van der Waals surface area contributed by atoms with Crippen LogP contribution in [0.3, 0.4) is 0 Å². The van der Waals surface area contributed by atoms with Gasteiger partial charge in [0.25, 0.3) is 0 Å². The highest BCUT2D eigenvalue weighted by molar-refractivity contribution is 9.10. The van der Waals surface area contributed by atoms with Gasteiger partial charge in [-0.15, -0.1) is 0 Å². The lowest BCUT2D eigenvalue weighted by Crippen LogP contribution is -2.10. The van der Waals surface area contributed by atoms with Crippen LogP contribution in [0.15, 0.2) is 16.6 Å². The summed E-state index contributed by atoms with van der Waals surface area (Å²) in [6, 6.07) is 3.56. The number of halogens is 2. The molecule has 0 aromatic heterocycles. The fourth-order valence-electron chi connectivity index (χ4n) is 1.11. The monoisotopic (exact) mass is 245 g/mol. The van der Waals surface area contributed by atoms with Gasteiger partial charge in [-0.25, -0.2) is 4.39 Å². The van der Waals surface area contributed by atoms with Crippen molar-refractivity contribution in [1.29, 1.82) is 0 Å². The summed E-state index contributed by atoms with van der Waals surface area (Å²) in [6.07, 6.45) is 0.853. The normalized spacial score (nSPS) is 10.5. The van der Waals surface area contributed by atoms with Crippen molar-refractivity contribution in [3.8, 4) is 0 Å². The molecule has 1 N–H and O–H groups in total. The summed E-state index contributed by atoms with van der Waals surface area (Å²) in [5.74, 6) is -0.138. The largest absolute Gasteiger partial charge is 0.319 e. The van der Waals surface area contributed by atoms with Crippen molar-refractivity contribution in [2.75, 3.05) is 13.6 Å². The number of hydrogen-bond donors (Lipinski definition) is 1. The zero-order chi connectivity index (χ0) is 9.84. The van der Waals surface area contributed by atoms with Gasteiger partial charge in [0.2, 0.25) is 0 Å².